The molecule has 0 saturated heterocycles. The number of rotatable bonds is 10. The summed E-state index contributed by atoms with van der Waals surface area (Å²) in [7, 11) is 1.61. The predicted octanol–water partition coefficient (Wildman–Crippen LogP) is 2.74. The van der Waals surface area contributed by atoms with Crippen LogP contribution in [0.4, 0.5) is 4.79 Å². The zero-order valence-corrected chi connectivity index (χ0v) is 20.1. The molecule has 0 fully saturated rings. The zero-order chi connectivity index (χ0) is 25.5. The Morgan fingerprint density at radius 2 is 1.57 bits per heavy atom. The van der Waals surface area contributed by atoms with Crippen molar-refractivity contribution in [3.63, 3.8) is 0 Å². The van der Waals surface area contributed by atoms with Crippen molar-refractivity contribution in [3.8, 4) is 11.1 Å². The van der Waals surface area contributed by atoms with Gasteiger partial charge in [-0.05, 0) is 42.5 Å². The number of carbonyl (C=O) groups is 4. The van der Waals surface area contributed by atoms with Gasteiger partial charge in [0.2, 0.25) is 11.8 Å². The molecule has 0 heterocycles. The van der Waals surface area contributed by atoms with Gasteiger partial charge in [0.25, 0.3) is 0 Å². The molecule has 1 aliphatic carbocycles. The molecule has 2 aromatic rings. The molecule has 2 atom stereocenters. The molecule has 0 aliphatic heterocycles. The SMILES string of the molecule is CCN(C)C(=O)C(C)NC(=O)C(CCC(=O)O)NC(=O)OCC1c2ccccc2-c2ccccc21. The highest BCUT2D eigenvalue weighted by Gasteiger charge is 2.30. The van der Waals surface area contributed by atoms with Crippen LogP contribution in [0.3, 0.4) is 0 Å². The fourth-order valence-electron chi connectivity index (χ4n) is 4.18. The van der Waals surface area contributed by atoms with Crippen LogP contribution in [-0.2, 0) is 19.1 Å². The summed E-state index contributed by atoms with van der Waals surface area (Å²) >= 11 is 0. The molecular weight excluding hydrogens is 450 g/mol. The summed E-state index contributed by atoms with van der Waals surface area (Å²) in [5.74, 6) is -2.20. The number of fused-ring (bicyclic) bond motifs is 3. The Hall–Kier alpha value is -3.88. The molecule has 2 aromatic carbocycles. The molecule has 186 valence electrons. The van der Waals surface area contributed by atoms with Gasteiger partial charge in [0.1, 0.15) is 18.7 Å². The van der Waals surface area contributed by atoms with Crippen molar-refractivity contribution in [3.05, 3.63) is 59.7 Å². The maximum Gasteiger partial charge on any atom is 0.407 e. The molecule has 9 nitrogen and oxygen atoms in total. The van der Waals surface area contributed by atoms with E-state index in [-0.39, 0.29) is 31.3 Å². The number of nitrogens with zero attached hydrogens (tertiary/aromatic N) is 1. The van der Waals surface area contributed by atoms with Gasteiger partial charge in [0, 0.05) is 25.9 Å². The largest absolute Gasteiger partial charge is 0.481 e. The molecule has 2 unspecified atom stereocenters. The minimum absolute atomic E-state index is 0.0588. The Labute approximate surface area is 204 Å². The zero-order valence-electron chi connectivity index (χ0n) is 20.1. The topological polar surface area (TPSA) is 125 Å². The maximum absolute atomic E-state index is 12.8. The monoisotopic (exact) mass is 481 g/mol. The normalized spacial score (nSPS) is 13.7. The Kier molecular flexibility index (Phi) is 8.46. The third-order valence-electron chi connectivity index (χ3n) is 6.18. The van der Waals surface area contributed by atoms with Gasteiger partial charge in [-0.25, -0.2) is 4.79 Å². The van der Waals surface area contributed by atoms with Crippen LogP contribution in [-0.4, -0.2) is 66.2 Å². The maximum atomic E-state index is 12.8. The second-order valence-corrected chi connectivity index (χ2v) is 8.54. The molecule has 0 saturated carbocycles. The van der Waals surface area contributed by atoms with Gasteiger partial charge in [-0.15, -0.1) is 0 Å². The summed E-state index contributed by atoms with van der Waals surface area (Å²) in [5, 5.41) is 14.1. The van der Waals surface area contributed by atoms with Gasteiger partial charge in [0.05, 0.1) is 0 Å². The second-order valence-electron chi connectivity index (χ2n) is 8.54. The first kappa shape index (κ1) is 25.7. The van der Waals surface area contributed by atoms with E-state index in [1.54, 1.807) is 14.0 Å². The van der Waals surface area contributed by atoms with Crippen molar-refractivity contribution in [2.24, 2.45) is 0 Å². The number of aliphatic carboxylic acids is 1. The average molecular weight is 482 g/mol. The highest BCUT2D eigenvalue weighted by atomic mass is 16.5. The average Bonchev–Trinajstić information content (AvgIpc) is 3.17. The number of likely N-dealkylation sites (N-methyl/N-ethyl adjacent to an activating group) is 1. The predicted molar refractivity (Wildman–Crippen MR) is 130 cm³/mol. The third-order valence-corrected chi connectivity index (χ3v) is 6.18. The second kappa shape index (κ2) is 11.5. The number of carbonyl (C=O) groups excluding carboxylic acids is 3. The molecule has 0 radical (unpaired) electrons. The number of carboxylic acid groups (broad SMARTS) is 1. The number of alkyl carbamates (subject to hydrolysis) is 1. The molecule has 9 heteroatoms. The summed E-state index contributed by atoms with van der Waals surface area (Å²) in [5.41, 5.74) is 4.28. The number of amides is 3. The molecule has 3 rings (SSSR count). The van der Waals surface area contributed by atoms with Crippen molar-refractivity contribution in [2.75, 3.05) is 20.2 Å². The summed E-state index contributed by atoms with van der Waals surface area (Å²) in [6.07, 6.45) is -1.31. The number of nitrogens with one attached hydrogen (secondary N) is 2. The Morgan fingerprint density at radius 3 is 2.11 bits per heavy atom. The van der Waals surface area contributed by atoms with Crippen molar-refractivity contribution in [1.29, 1.82) is 0 Å². The minimum Gasteiger partial charge on any atom is -0.481 e. The highest BCUT2D eigenvalue weighted by Crippen LogP contribution is 2.44. The van der Waals surface area contributed by atoms with Crippen LogP contribution in [0.5, 0.6) is 0 Å². The van der Waals surface area contributed by atoms with Crippen molar-refractivity contribution < 1.29 is 29.0 Å². The number of benzene rings is 2. The molecule has 0 spiro atoms. The van der Waals surface area contributed by atoms with E-state index in [2.05, 4.69) is 10.6 Å². The molecule has 1 aliphatic rings. The van der Waals surface area contributed by atoms with Crippen LogP contribution in [0, 0.1) is 0 Å². The summed E-state index contributed by atoms with van der Waals surface area (Å²) < 4.78 is 5.48. The summed E-state index contributed by atoms with van der Waals surface area (Å²) in [6, 6.07) is 13.8. The smallest absolute Gasteiger partial charge is 0.407 e. The molecular formula is C26H31N3O6. The first-order valence-corrected chi connectivity index (χ1v) is 11.6. The number of ether oxygens (including phenoxy) is 1. The lowest BCUT2D eigenvalue weighted by molar-refractivity contribution is -0.138. The van der Waals surface area contributed by atoms with E-state index in [1.807, 2.05) is 48.5 Å². The Bertz CT molecular complexity index is 1060. The molecule has 0 bridgehead atoms. The lowest BCUT2D eigenvalue weighted by atomic mass is 9.98. The van der Waals surface area contributed by atoms with E-state index in [0.717, 1.165) is 22.3 Å². The number of hydrogen-bond donors (Lipinski definition) is 3. The standard InChI is InChI=1S/C26H31N3O6/c1-4-29(3)25(33)16(2)27-24(32)22(13-14-23(30)31)28-26(34)35-15-21-19-11-7-5-9-17(19)18-10-6-8-12-20(18)21/h5-12,16,21-22H,4,13-15H2,1-3H3,(H,27,32)(H,28,34)(H,30,31). The van der Waals surface area contributed by atoms with Gasteiger partial charge in [-0.1, -0.05) is 48.5 Å². The van der Waals surface area contributed by atoms with Crippen molar-refractivity contribution in [1.82, 2.24) is 15.5 Å². The van der Waals surface area contributed by atoms with E-state index in [9.17, 15) is 19.2 Å². The Morgan fingerprint density at radius 1 is 1.00 bits per heavy atom. The molecule has 3 amide bonds. The fourth-order valence-corrected chi connectivity index (χ4v) is 4.18. The molecule has 0 aromatic heterocycles. The lowest BCUT2D eigenvalue weighted by Gasteiger charge is -2.24. The Balaban J connectivity index is 1.65. The quantitative estimate of drug-likeness (QED) is 0.479. The van der Waals surface area contributed by atoms with E-state index < -0.39 is 30.1 Å². The van der Waals surface area contributed by atoms with Gasteiger partial charge in [-0.3, -0.25) is 14.4 Å². The van der Waals surface area contributed by atoms with Crippen LogP contribution in [0.1, 0.15) is 43.7 Å². The van der Waals surface area contributed by atoms with Crippen LogP contribution in [0.25, 0.3) is 11.1 Å². The summed E-state index contributed by atoms with van der Waals surface area (Å²) in [6.45, 7) is 3.87. The van der Waals surface area contributed by atoms with Gasteiger partial charge in [-0.2, -0.15) is 0 Å². The number of hydrogen-bond acceptors (Lipinski definition) is 5. The first-order chi connectivity index (χ1) is 16.7. The number of carboxylic acids is 1. The van der Waals surface area contributed by atoms with E-state index >= 15 is 0 Å². The minimum atomic E-state index is -1.16. The third kappa shape index (κ3) is 6.17. The van der Waals surface area contributed by atoms with Crippen LogP contribution < -0.4 is 10.6 Å². The molecule has 35 heavy (non-hydrogen) atoms. The van der Waals surface area contributed by atoms with E-state index in [4.69, 9.17) is 9.84 Å². The summed E-state index contributed by atoms with van der Waals surface area (Å²) in [4.78, 5) is 50.2. The van der Waals surface area contributed by atoms with Gasteiger partial charge >= 0.3 is 12.1 Å². The fraction of sp³-hybridized carbons (Fsp3) is 0.385. The van der Waals surface area contributed by atoms with E-state index in [1.165, 1.54) is 11.8 Å². The first-order valence-electron chi connectivity index (χ1n) is 11.6. The van der Waals surface area contributed by atoms with Crippen LogP contribution in [0.15, 0.2) is 48.5 Å². The van der Waals surface area contributed by atoms with Gasteiger partial charge < -0.3 is 25.4 Å². The van der Waals surface area contributed by atoms with Crippen LogP contribution in [0.2, 0.25) is 0 Å². The lowest BCUT2D eigenvalue weighted by Crippen LogP contribution is -2.53. The van der Waals surface area contributed by atoms with Crippen molar-refractivity contribution >= 4 is 23.9 Å². The van der Waals surface area contributed by atoms with Crippen LogP contribution >= 0.6 is 0 Å². The van der Waals surface area contributed by atoms with Crippen molar-refractivity contribution in [2.45, 2.75) is 44.7 Å². The van der Waals surface area contributed by atoms with Gasteiger partial charge in [0.15, 0.2) is 0 Å². The van der Waals surface area contributed by atoms with E-state index in [0.29, 0.717) is 6.54 Å². The highest BCUT2D eigenvalue weighted by molar-refractivity contribution is 5.91. The molecule has 3 N–H and O–H groups in total.